The van der Waals surface area contributed by atoms with Crippen LogP contribution in [0, 0.1) is 5.92 Å². The summed E-state index contributed by atoms with van der Waals surface area (Å²) in [5.74, 6) is -14.0. The van der Waals surface area contributed by atoms with Gasteiger partial charge in [0.15, 0.2) is 0 Å². The zero-order valence-electron chi connectivity index (χ0n) is 50.8. The van der Waals surface area contributed by atoms with Crippen molar-refractivity contribution in [3.8, 4) is 5.75 Å². The second-order valence-corrected chi connectivity index (χ2v) is 26.8. The van der Waals surface area contributed by atoms with E-state index in [1.807, 2.05) is 6.92 Å². The number of nitrogens with zero attached hydrogens (tertiary/aromatic N) is 1. The Kier molecular flexibility index (Phi) is 32.2. The molecule has 0 unspecified atom stereocenters. The standard InChI is InChI=1S/C56H87N13O16S4/c1-7-12-15-35-55(83)69-21-13-16-42(69)53(81)59-32(10-4)46(74)65-40-27-87-86-25-38(58-43(72)23-57)50(78)66-39(51(79)64-37(24-70)49(77)62-35)26-88-89-28-41(56(84)85)67-48(76)36(22-30-17-19-31(71)20-18-30)63-47(75)34(14-8-2)61-45(73)33(11-5)60-54(82)44(29(6)9-3)68-52(40)80/h17-20,29,32-42,44,70-71H,7-16,21-28,57H2,1-6H3,(H,58,72)(H,59,81)(H,60,82)(H,61,73)(H,62,77)(H,63,75)(H,64,79)(H,65,74)(H,66,78)(H,67,76)(H,68,80)(H,84,85)/t29-,32+,33+,34+,35+,36+,37+,38+,39+,40+,41+,42+,44+/m1/s1. The van der Waals surface area contributed by atoms with Crippen LogP contribution in [0.15, 0.2) is 24.3 Å². The number of carboxylic acids is 1. The van der Waals surface area contributed by atoms with Gasteiger partial charge in [-0.1, -0.05) is 123 Å². The molecule has 3 fully saturated rings. The Bertz CT molecular complexity index is 2650. The lowest BCUT2D eigenvalue weighted by molar-refractivity contribution is -0.143. The van der Waals surface area contributed by atoms with E-state index in [2.05, 4.69) is 58.5 Å². The topological polar surface area (TPSA) is 444 Å². The lowest BCUT2D eigenvalue weighted by atomic mass is 9.97. The molecule has 1 aromatic rings. The molecule has 3 heterocycles. The zero-order chi connectivity index (χ0) is 65.9. The minimum absolute atomic E-state index is 0.00847. The number of aliphatic hydroxyl groups excluding tert-OH is 1. The molecule has 0 aromatic heterocycles. The highest BCUT2D eigenvalue weighted by Crippen LogP contribution is 2.27. The van der Waals surface area contributed by atoms with Gasteiger partial charge in [0, 0.05) is 36.0 Å². The van der Waals surface area contributed by atoms with Crippen molar-refractivity contribution in [2.24, 2.45) is 11.7 Å². The van der Waals surface area contributed by atoms with Crippen LogP contribution in [0.5, 0.6) is 5.75 Å². The molecule has 12 amide bonds. The van der Waals surface area contributed by atoms with Gasteiger partial charge in [0.25, 0.3) is 0 Å². The molecule has 3 saturated heterocycles. The molecule has 496 valence electrons. The highest BCUT2D eigenvalue weighted by molar-refractivity contribution is 8.77. The molecule has 16 N–H and O–H groups in total. The number of carboxylic acid groups (broad SMARTS) is 1. The number of benzene rings is 1. The number of aromatic hydroxyl groups is 1. The van der Waals surface area contributed by atoms with Crippen molar-refractivity contribution in [1.29, 1.82) is 0 Å². The minimum Gasteiger partial charge on any atom is -0.508 e. The molecule has 0 saturated carbocycles. The smallest absolute Gasteiger partial charge is 0.327 e. The molecule has 0 aliphatic carbocycles. The Labute approximate surface area is 533 Å². The van der Waals surface area contributed by atoms with E-state index < -0.39 is 180 Å². The van der Waals surface area contributed by atoms with E-state index in [0.717, 1.165) is 43.2 Å². The number of aliphatic hydroxyl groups is 1. The number of carbonyl (C=O) groups excluding carboxylic acids is 12. The van der Waals surface area contributed by atoms with Crippen molar-refractivity contribution < 1.29 is 77.6 Å². The number of aliphatic carboxylic acids is 1. The number of amides is 12. The Morgan fingerprint density at radius 2 is 1.11 bits per heavy atom. The number of carbonyl (C=O) groups is 13. The number of hydrogen-bond donors (Lipinski definition) is 15. The summed E-state index contributed by atoms with van der Waals surface area (Å²) in [7, 11) is 3.56. The highest BCUT2D eigenvalue weighted by Gasteiger charge is 2.41. The maximum atomic E-state index is 14.7. The van der Waals surface area contributed by atoms with Gasteiger partial charge in [-0.25, -0.2) is 4.79 Å². The predicted octanol–water partition coefficient (Wildman–Crippen LogP) is -2.06. The maximum Gasteiger partial charge on any atom is 0.327 e. The Morgan fingerprint density at radius 3 is 1.70 bits per heavy atom. The maximum absolute atomic E-state index is 14.7. The first-order valence-electron chi connectivity index (χ1n) is 29.9. The monoisotopic (exact) mass is 1330 g/mol. The van der Waals surface area contributed by atoms with Crippen LogP contribution in [-0.4, -0.2) is 212 Å². The third-order valence-electron chi connectivity index (χ3n) is 15.0. The van der Waals surface area contributed by atoms with Gasteiger partial charge in [-0.3, -0.25) is 57.5 Å². The van der Waals surface area contributed by atoms with Crippen molar-refractivity contribution in [3.63, 3.8) is 0 Å². The van der Waals surface area contributed by atoms with Crippen LogP contribution in [0.4, 0.5) is 0 Å². The summed E-state index contributed by atoms with van der Waals surface area (Å²) in [5, 5.41) is 59.7. The summed E-state index contributed by atoms with van der Waals surface area (Å²) in [6, 6.07) is -11.5. The van der Waals surface area contributed by atoms with Crippen LogP contribution in [-0.2, 0) is 68.7 Å². The molecular weight excluding hydrogens is 1240 g/mol. The van der Waals surface area contributed by atoms with Crippen molar-refractivity contribution >= 4 is 120 Å². The Balaban J connectivity index is 1.91. The fraction of sp³-hybridized carbons (Fsp3) is 0.661. The highest BCUT2D eigenvalue weighted by atomic mass is 33.1. The van der Waals surface area contributed by atoms with Crippen LogP contribution in [0.2, 0.25) is 0 Å². The van der Waals surface area contributed by atoms with Crippen molar-refractivity contribution in [1.82, 2.24) is 63.4 Å². The molecule has 1 aromatic carbocycles. The van der Waals surface area contributed by atoms with Gasteiger partial charge in [0.1, 0.15) is 78.3 Å². The van der Waals surface area contributed by atoms with Gasteiger partial charge in [-0.05, 0) is 62.1 Å². The molecule has 3 aliphatic rings. The third-order valence-corrected chi connectivity index (χ3v) is 19.9. The molecule has 0 spiro atoms. The fourth-order valence-electron chi connectivity index (χ4n) is 9.54. The van der Waals surface area contributed by atoms with Crippen molar-refractivity contribution in [3.05, 3.63) is 29.8 Å². The first-order chi connectivity index (χ1) is 42.4. The number of hydrogen-bond acceptors (Lipinski definition) is 20. The van der Waals surface area contributed by atoms with E-state index in [4.69, 9.17) is 5.73 Å². The van der Waals surface area contributed by atoms with Crippen LogP contribution < -0.4 is 64.2 Å². The number of unbranched alkanes of at least 4 members (excludes halogenated alkanes) is 1. The van der Waals surface area contributed by atoms with Crippen LogP contribution >= 0.6 is 43.2 Å². The Hall–Kier alpha value is -6.55. The number of rotatable bonds is 15. The molecule has 2 bridgehead atoms. The lowest BCUT2D eigenvalue weighted by Gasteiger charge is -2.31. The van der Waals surface area contributed by atoms with E-state index in [-0.39, 0.29) is 62.3 Å². The lowest BCUT2D eigenvalue weighted by Crippen LogP contribution is -2.61. The molecule has 29 nitrogen and oxygen atoms in total. The van der Waals surface area contributed by atoms with E-state index in [1.165, 1.54) is 29.2 Å². The largest absolute Gasteiger partial charge is 0.508 e. The first kappa shape index (κ1) is 74.9. The van der Waals surface area contributed by atoms with E-state index in [1.54, 1.807) is 34.6 Å². The second-order valence-electron chi connectivity index (χ2n) is 21.7. The van der Waals surface area contributed by atoms with E-state index in [0.29, 0.717) is 37.7 Å². The van der Waals surface area contributed by atoms with Crippen molar-refractivity contribution in [2.75, 3.05) is 42.7 Å². The molecule has 89 heavy (non-hydrogen) atoms. The van der Waals surface area contributed by atoms with Crippen molar-refractivity contribution in [2.45, 2.75) is 185 Å². The van der Waals surface area contributed by atoms with Crippen LogP contribution in [0.25, 0.3) is 0 Å². The molecular formula is C56H87N13O16S4. The molecule has 13 atom stereocenters. The normalized spacial score (nSPS) is 28.1. The number of phenolic OH excluding ortho intramolecular Hbond substituents is 1. The van der Waals surface area contributed by atoms with E-state index >= 15 is 0 Å². The summed E-state index contributed by atoms with van der Waals surface area (Å²) in [4.78, 5) is 185. The molecule has 0 radical (unpaired) electrons. The van der Waals surface area contributed by atoms with Crippen LogP contribution in [0.1, 0.15) is 111 Å². The van der Waals surface area contributed by atoms with Gasteiger partial charge in [0.2, 0.25) is 70.9 Å². The van der Waals surface area contributed by atoms with E-state index in [9.17, 15) is 77.6 Å². The number of nitrogens with two attached hydrogens (primary N) is 1. The van der Waals surface area contributed by atoms with Gasteiger partial charge >= 0.3 is 5.97 Å². The van der Waals surface area contributed by atoms with Gasteiger partial charge in [0.05, 0.1) is 13.2 Å². The fourth-order valence-corrected chi connectivity index (χ4v) is 14.2. The first-order valence-corrected chi connectivity index (χ1v) is 34.9. The quantitative estimate of drug-likeness (QED) is 0.0840. The zero-order valence-corrected chi connectivity index (χ0v) is 54.1. The second kappa shape index (κ2) is 38.2. The Morgan fingerprint density at radius 1 is 0.596 bits per heavy atom. The molecule has 33 heteroatoms. The summed E-state index contributed by atoms with van der Waals surface area (Å²) >= 11 is 0. The number of nitrogens with one attached hydrogen (secondary N) is 11. The summed E-state index contributed by atoms with van der Waals surface area (Å²) in [6.07, 6.45) is 2.01. The van der Waals surface area contributed by atoms with Gasteiger partial charge < -0.3 is 84.4 Å². The van der Waals surface area contributed by atoms with Crippen LogP contribution in [0.3, 0.4) is 0 Å². The minimum atomic E-state index is -1.74. The summed E-state index contributed by atoms with van der Waals surface area (Å²) in [6.45, 7) is 8.68. The average Bonchev–Trinajstić information content (AvgIpc) is 3.42. The number of phenols is 1. The summed E-state index contributed by atoms with van der Waals surface area (Å²) in [5.41, 5.74) is 6.07. The molecule has 3 aliphatic heterocycles. The molecule has 4 rings (SSSR count). The average molecular weight is 1330 g/mol. The third kappa shape index (κ3) is 23.3. The predicted molar refractivity (Wildman–Crippen MR) is 336 cm³/mol. The van der Waals surface area contributed by atoms with Gasteiger partial charge in [-0.2, -0.15) is 0 Å². The van der Waals surface area contributed by atoms with Gasteiger partial charge in [-0.15, -0.1) is 0 Å². The SMILES string of the molecule is CCCC[C@@H]1NC(=O)[C@H](CO)NC(=O)[C@@H]2CSSC[C@@H](C(=O)O)NC(=O)[C@H](Cc3ccc(O)cc3)NC(=O)[C@H](CCC)NC(=O)[C@H](CC)NC(=O)[C@H]([C@H](C)CC)NC(=O)[C@H](CSSC[C@H](NC(=O)CN)C(=O)N2)NC(=O)[C@H](CC)NC(=O)[C@@H]2CCCN2C1=O. The summed E-state index contributed by atoms with van der Waals surface area (Å²) < 4.78 is 0. The number of fused-ring (bicyclic) bond motifs is 9.